The lowest BCUT2D eigenvalue weighted by molar-refractivity contribution is -0.116. The fraction of sp³-hybridized carbons (Fsp3) is 0.536. The molecule has 0 heterocycles. The van der Waals surface area contributed by atoms with Crippen LogP contribution in [0.15, 0.2) is 42.5 Å². The number of rotatable bonds is 12. The molecule has 0 aliphatic heterocycles. The summed E-state index contributed by atoms with van der Waals surface area (Å²) in [6.45, 7) is 17.2. The van der Waals surface area contributed by atoms with Gasteiger partial charge in [0.1, 0.15) is 11.5 Å². The van der Waals surface area contributed by atoms with Crippen molar-refractivity contribution in [3.05, 3.63) is 59.2 Å². The Hall–Kier alpha value is -2.20. The number of ketones is 1. The van der Waals surface area contributed by atoms with Gasteiger partial charge in [-0.1, -0.05) is 51.1 Å². The number of hydrogen-bond acceptors (Lipinski definition) is 6. The number of aromatic hydroxyl groups is 1. The van der Waals surface area contributed by atoms with Crippen LogP contribution in [-0.4, -0.2) is 46.0 Å². The van der Waals surface area contributed by atoms with Gasteiger partial charge in [-0.3, -0.25) is 9.52 Å². The average Bonchev–Trinajstić information content (AvgIpc) is 2.70. The molecule has 0 bridgehead atoms. The highest BCUT2D eigenvalue weighted by atomic mass is 32.2. The molecule has 0 saturated carbocycles. The van der Waals surface area contributed by atoms with E-state index in [0.717, 1.165) is 29.4 Å². The highest BCUT2D eigenvalue weighted by molar-refractivity contribution is 7.92. The second-order valence-corrected chi connectivity index (χ2v) is 18.7. The molecule has 9 heteroatoms. The maximum absolute atomic E-state index is 11.8. The Morgan fingerprint density at radius 3 is 2.24 bits per heavy atom. The minimum absolute atomic E-state index is 0.0251. The van der Waals surface area contributed by atoms with E-state index < -0.39 is 18.3 Å². The molecule has 0 aliphatic rings. The molecule has 0 unspecified atom stereocenters. The Labute approximate surface area is 224 Å². The molecular weight excluding hydrogens is 504 g/mol. The van der Waals surface area contributed by atoms with Gasteiger partial charge in [0.2, 0.25) is 10.0 Å². The van der Waals surface area contributed by atoms with E-state index in [1.807, 2.05) is 12.1 Å². The Balaban J connectivity index is 2.32. The van der Waals surface area contributed by atoms with Crippen LogP contribution in [0.5, 0.6) is 5.75 Å². The van der Waals surface area contributed by atoms with Crippen molar-refractivity contribution in [2.24, 2.45) is 0 Å². The Morgan fingerprint density at radius 1 is 1.05 bits per heavy atom. The Kier molecular flexibility index (Phi) is 9.79. The molecule has 2 rings (SSSR count). The highest BCUT2D eigenvalue weighted by Gasteiger charge is 2.40. The Morgan fingerprint density at radius 2 is 1.68 bits per heavy atom. The third-order valence-corrected chi connectivity index (χ3v) is 11.9. The first kappa shape index (κ1) is 31.0. The van der Waals surface area contributed by atoms with Gasteiger partial charge in [-0.25, -0.2) is 8.42 Å². The van der Waals surface area contributed by atoms with E-state index in [-0.39, 0.29) is 33.9 Å². The third kappa shape index (κ3) is 9.88. The van der Waals surface area contributed by atoms with E-state index >= 15 is 0 Å². The molecule has 0 fully saturated rings. The summed E-state index contributed by atoms with van der Waals surface area (Å²) in [6.07, 6.45) is 1.87. The number of hydrogen-bond donors (Lipinski definition) is 3. The zero-order valence-electron chi connectivity index (χ0n) is 23.7. The molecule has 0 radical (unpaired) electrons. The number of sulfonamides is 1. The van der Waals surface area contributed by atoms with E-state index in [4.69, 9.17) is 4.43 Å². The Bertz CT molecular complexity index is 1200. The molecule has 0 saturated heterocycles. The topological polar surface area (TPSA) is 105 Å². The van der Waals surface area contributed by atoms with Crippen LogP contribution in [0.2, 0.25) is 18.1 Å². The van der Waals surface area contributed by atoms with Crippen molar-refractivity contribution in [2.75, 3.05) is 17.5 Å². The van der Waals surface area contributed by atoms with Crippen molar-refractivity contribution < 1.29 is 22.7 Å². The van der Waals surface area contributed by atoms with Gasteiger partial charge >= 0.3 is 0 Å². The number of benzene rings is 2. The van der Waals surface area contributed by atoms with Crippen molar-refractivity contribution in [3.63, 3.8) is 0 Å². The molecule has 7 nitrogen and oxygen atoms in total. The zero-order valence-corrected chi connectivity index (χ0v) is 25.5. The first-order valence-electron chi connectivity index (χ1n) is 12.6. The van der Waals surface area contributed by atoms with Gasteiger partial charge in [-0.2, -0.15) is 0 Å². The van der Waals surface area contributed by atoms with Crippen LogP contribution in [-0.2, 0) is 32.1 Å². The average molecular weight is 549 g/mol. The minimum atomic E-state index is -3.56. The summed E-state index contributed by atoms with van der Waals surface area (Å²) >= 11 is 0. The number of phenols is 1. The van der Waals surface area contributed by atoms with Crippen molar-refractivity contribution in [2.45, 2.75) is 84.2 Å². The van der Waals surface area contributed by atoms with Crippen LogP contribution in [0, 0.1) is 0 Å². The van der Waals surface area contributed by atoms with Crippen LogP contribution < -0.4 is 10.0 Å². The van der Waals surface area contributed by atoms with Crippen LogP contribution in [0.4, 0.5) is 5.69 Å². The first-order chi connectivity index (χ1) is 16.8. The normalized spacial score (nSPS) is 13.9. The van der Waals surface area contributed by atoms with Gasteiger partial charge in [0.15, 0.2) is 8.32 Å². The van der Waals surface area contributed by atoms with Crippen LogP contribution in [0.1, 0.15) is 64.3 Å². The largest absolute Gasteiger partial charge is 0.506 e. The fourth-order valence-electron chi connectivity index (χ4n) is 3.87. The molecule has 0 aliphatic carbocycles. The van der Waals surface area contributed by atoms with Crippen LogP contribution >= 0.6 is 0 Å². The van der Waals surface area contributed by atoms with Gasteiger partial charge in [-0.05, 0) is 74.1 Å². The molecule has 206 valence electrons. The maximum Gasteiger partial charge on any atom is 0.229 e. The summed E-state index contributed by atoms with van der Waals surface area (Å²) in [5, 5.41) is 13.9. The lowest BCUT2D eigenvalue weighted by atomic mass is 9.93. The number of nitrogens with one attached hydrogen (secondary N) is 2. The zero-order chi connectivity index (χ0) is 28.2. The van der Waals surface area contributed by atoms with Crippen molar-refractivity contribution in [3.8, 4) is 5.75 Å². The summed E-state index contributed by atoms with van der Waals surface area (Å²) < 4.78 is 32.9. The van der Waals surface area contributed by atoms with Gasteiger partial charge in [0, 0.05) is 18.5 Å². The van der Waals surface area contributed by atoms with E-state index in [0.29, 0.717) is 13.0 Å². The number of anilines is 1. The molecule has 37 heavy (non-hydrogen) atoms. The summed E-state index contributed by atoms with van der Waals surface area (Å²) in [7, 11) is -5.76. The minimum Gasteiger partial charge on any atom is -0.506 e. The van der Waals surface area contributed by atoms with E-state index in [2.05, 4.69) is 69.9 Å². The molecule has 3 N–H and O–H groups in total. The lowest BCUT2D eigenvalue weighted by Gasteiger charge is -2.40. The van der Waals surface area contributed by atoms with Crippen molar-refractivity contribution >= 4 is 29.8 Å². The van der Waals surface area contributed by atoms with E-state index in [1.165, 1.54) is 6.07 Å². The fourth-order valence-corrected chi connectivity index (χ4v) is 5.72. The molecule has 2 aromatic rings. The molecule has 0 aromatic heterocycles. The third-order valence-electron chi connectivity index (χ3n) is 6.79. The smallest absolute Gasteiger partial charge is 0.229 e. The number of Topliss-reactive ketones (excluding diaryl/α,β-unsaturated/α-hetero) is 1. The van der Waals surface area contributed by atoms with E-state index in [1.54, 1.807) is 19.1 Å². The predicted octanol–water partition coefficient (Wildman–Crippen LogP) is 5.57. The highest BCUT2D eigenvalue weighted by Crippen LogP contribution is 2.40. The second-order valence-electron chi connectivity index (χ2n) is 12.2. The number of carbonyl (C=O) groups excluding carboxylic acids is 1. The summed E-state index contributed by atoms with van der Waals surface area (Å²) in [4.78, 5) is 11.6. The van der Waals surface area contributed by atoms with Crippen molar-refractivity contribution in [1.29, 1.82) is 0 Å². The van der Waals surface area contributed by atoms with E-state index in [9.17, 15) is 18.3 Å². The predicted molar refractivity (Wildman–Crippen MR) is 154 cm³/mol. The number of phenolic OH excluding ortho intramolecular Hbond substituents is 1. The van der Waals surface area contributed by atoms with Crippen LogP contribution in [0.3, 0.4) is 0 Å². The summed E-state index contributed by atoms with van der Waals surface area (Å²) in [5.41, 5.74) is 2.78. The second kappa shape index (κ2) is 11.7. The SMILES string of the molecule is CC(=O)Cc1cccc(CC(C)(C)NC[C@H](O[Si](C)(C)C(C)(C)C)c2ccc(O)c(NS(C)(=O)=O)c2)c1. The van der Waals surface area contributed by atoms with Crippen LogP contribution in [0.25, 0.3) is 0 Å². The first-order valence-corrected chi connectivity index (χ1v) is 17.4. The molecule has 0 spiro atoms. The summed E-state index contributed by atoms with van der Waals surface area (Å²) in [6, 6.07) is 13.0. The molecule has 1 atom stereocenters. The standard InChI is InChI=1S/C28H44N2O5SSi/c1-20(31)15-21-11-10-12-22(16-21)18-28(5,6)29-19-26(35-37(8,9)27(2,3)4)23-13-14-25(32)24(17-23)30-36(7,33)34/h10-14,16-17,26,29-30,32H,15,18-19H2,1-9H3/t26-/m0/s1. The van der Waals surface area contributed by atoms with Crippen molar-refractivity contribution in [1.82, 2.24) is 5.32 Å². The summed E-state index contributed by atoms with van der Waals surface area (Å²) in [5.74, 6) is -0.00207. The van der Waals surface area contributed by atoms with Gasteiger partial charge in [0.05, 0.1) is 18.0 Å². The van der Waals surface area contributed by atoms with Gasteiger partial charge in [0.25, 0.3) is 0 Å². The molecular formula is C28H44N2O5SSi. The quantitative estimate of drug-likeness (QED) is 0.237. The number of carbonyl (C=O) groups is 1. The van der Waals surface area contributed by atoms with Gasteiger partial charge < -0.3 is 14.8 Å². The van der Waals surface area contributed by atoms with Gasteiger partial charge in [-0.15, -0.1) is 0 Å². The molecule has 2 aromatic carbocycles. The maximum atomic E-state index is 11.8. The lowest BCUT2D eigenvalue weighted by Crippen LogP contribution is -2.47. The monoisotopic (exact) mass is 548 g/mol. The molecule has 0 amide bonds.